The van der Waals surface area contributed by atoms with Crippen LogP contribution in [-0.2, 0) is 4.79 Å². The van der Waals surface area contributed by atoms with Gasteiger partial charge >= 0.3 is 0 Å². The average Bonchev–Trinajstić information content (AvgIpc) is 2.56. The third-order valence-corrected chi connectivity index (χ3v) is 4.33. The molecule has 0 radical (unpaired) electrons. The number of hydrogen-bond donors (Lipinski definition) is 2. The number of halogens is 1. The van der Waals surface area contributed by atoms with E-state index in [2.05, 4.69) is 38.4 Å². The van der Waals surface area contributed by atoms with Crippen molar-refractivity contribution in [1.82, 2.24) is 5.43 Å². The number of hydrazone groups is 1. The molecule has 0 spiro atoms. The van der Waals surface area contributed by atoms with Gasteiger partial charge in [-0.3, -0.25) is 14.9 Å². The molecule has 1 amide bonds. The van der Waals surface area contributed by atoms with Crippen LogP contribution >= 0.6 is 22.6 Å². The summed E-state index contributed by atoms with van der Waals surface area (Å²) in [4.78, 5) is 21.8. The number of nitrogens with one attached hydrogen (secondary N) is 2. The summed E-state index contributed by atoms with van der Waals surface area (Å²) in [5, 5.41) is 17.4. The Labute approximate surface area is 152 Å². The van der Waals surface area contributed by atoms with Crippen LogP contribution in [0, 0.1) is 20.6 Å². The predicted octanol–water partition coefficient (Wildman–Crippen LogP) is 3.07. The standard InChI is InChI=1S/C16H15IN4O3/c1-11-8-13(4-7-15(11)17)18-10-16(22)20-19-9-12-2-5-14(6-3-12)21(23)24/h2-9,18H,10H2,1H3,(H,20,22). The van der Waals surface area contributed by atoms with E-state index < -0.39 is 4.92 Å². The Bertz CT molecular complexity index is 775. The van der Waals surface area contributed by atoms with Gasteiger partial charge in [0.1, 0.15) is 0 Å². The summed E-state index contributed by atoms with van der Waals surface area (Å²) in [6, 6.07) is 11.7. The van der Waals surface area contributed by atoms with Crippen molar-refractivity contribution in [2.24, 2.45) is 5.10 Å². The zero-order valence-electron chi connectivity index (χ0n) is 12.8. The minimum atomic E-state index is -0.472. The quantitative estimate of drug-likeness (QED) is 0.314. The molecule has 0 aliphatic rings. The first-order valence-electron chi connectivity index (χ1n) is 7.02. The van der Waals surface area contributed by atoms with Gasteiger partial charge in [-0.1, -0.05) is 0 Å². The van der Waals surface area contributed by atoms with Gasteiger partial charge in [0.25, 0.3) is 11.6 Å². The summed E-state index contributed by atoms with van der Waals surface area (Å²) in [5.41, 5.74) is 5.06. The van der Waals surface area contributed by atoms with Crippen molar-refractivity contribution >= 4 is 46.1 Å². The molecule has 0 fully saturated rings. The number of non-ortho nitro benzene ring substituents is 1. The van der Waals surface area contributed by atoms with Crippen molar-refractivity contribution in [3.8, 4) is 0 Å². The van der Waals surface area contributed by atoms with Crippen LogP contribution in [-0.4, -0.2) is 23.6 Å². The molecule has 0 saturated carbocycles. The molecule has 0 heterocycles. The molecule has 0 unspecified atom stereocenters. The Hall–Kier alpha value is -2.49. The number of carbonyl (C=O) groups excluding carboxylic acids is 1. The number of nitrogens with zero attached hydrogens (tertiary/aromatic N) is 2. The highest BCUT2D eigenvalue weighted by Gasteiger charge is 2.03. The van der Waals surface area contributed by atoms with Crippen LogP contribution in [0.15, 0.2) is 47.6 Å². The van der Waals surface area contributed by atoms with E-state index >= 15 is 0 Å². The molecule has 2 N–H and O–H groups in total. The van der Waals surface area contributed by atoms with Crippen LogP contribution in [0.3, 0.4) is 0 Å². The lowest BCUT2D eigenvalue weighted by atomic mass is 10.2. The van der Waals surface area contributed by atoms with Gasteiger partial charge in [-0.05, 0) is 71.0 Å². The maximum Gasteiger partial charge on any atom is 0.269 e. The number of benzene rings is 2. The molecule has 0 saturated heterocycles. The van der Waals surface area contributed by atoms with Crippen LogP contribution in [0.1, 0.15) is 11.1 Å². The molecule has 0 aromatic heterocycles. The fourth-order valence-electron chi connectivity index (χ4n) is 1.84. The molecular weight excluding hydrogens is 423 g/mol. The molecular formula is C16H15IN4O3. The molecule has 0 aliphatic heterocycles. The van der Waals surface area contributed by atoms with Gasteiger partial charge in [0.05, 0.1) is 17.7 Å². The van der Waals surface area contributed by atoms with E-state index in [4.69, 9.17) is 0 Å². The van der Waals surface area contributed by atoms with Gasteiger partial charge in [0.2, 0.25) is 0 Å². The molecule has 8 heteroatoms. The van der Waals surface area contributed by atoms with E-state index in [9.17, 15) is 14.9 Å². The molecule has 0 aliphatic carbocycles. The maximum atomic E-state index is 11.7. The lowest BCUT2D eigenvalue weighted by Crippen LogP contribution is -2.25. The second kappa shape index (κ2) is 8.39. The minimum absolute atomic E-state index is 0.00759. The summed E-state index contributed by atoms with van der Waals surface area (Å²) in [6.07, 6.45) is 1.43. The Morgan fingerprint density at radius 1 is 1.29 bits per heavy atom. The van der Waals surface area contributed by atoms with Crippen molar-refractivity contribution in [2.45, 2.75) is 6.92 Å². The number of anilines is 1. The topological polar surface area (TPSA) is 96.6 Å². The van der Waals surface area contributed by atoms with E-state index in [1.165, 1.54) is 18.3 Å². The number of aryl methyl sites for hydroxylation is 1. The fraction of sp³-hybridized carbons (Fsp3) is 0.125. The van der Waals surface area contributed by atoms with Crippen LogP contribution < -0.4 is 10.7 Å². The Kier molecular flexibility index (Phi) is 6.24. The number of nitro groups is 1. The van der Waals surface area contributed by atoms with Gasteiger partial charge < -0.3 is 5.32 Å². The van der Waals surface area contributed by atoms with Crippen molar-refractivity contribution < 1.29 is 9.72 Å². The molecule has 24 heavy (non-hydrogen) atoms. The van der Waals surface area contributed by atoms with E-state index in [1.54, 1.807) is 12.1 Å². The van der Waals surface area contributed by atoms with Crippen LogP contribution in [0.5, 0.6) is 0 Å². The third-order valence-electron chi connectivity index (χ3n) is 3.12. The summed E-state index contributed by atoms with van der Waals surface area (Å²) >= 11 is 2.25. The number of amides is 1. The second-order valence-electron chi connectivity index (χ2n) is 4.96. The first-order chi connectivity index (χ1) is 11.5. The van der Waals surface area contributed by atoms with E-state index in [0.29, 0.717) is 5.56 Å². The number of hydrogen-bond acceptors (Lipinski definition) is 5. The molecule has 2 rings (SSSR count). The fourth-order valence-corrected chi connectivity index (χ4v) is 2.17. The van der Waals surface area contributed by atoms with E-state index in [1.807, 2.05) is 25.1 Å². The highest BCUT2D eigenvalue weighted by molar-refractivity contribution is 14.1. The third kappa shape index (κ3) is 5.30. The second-order valence-corrected chi connectivity index (χ2v) is 6.12. The maximum absolute atomic E-state index is 11.7. The van der Waals surface area contributed by atoms with Gasteiger partial charge in [0.15, 0.2) is 0 Å². The Morgan fingerprint density at radius 2 is 2.00 bits per heavy atom. The van der Waals surface area contributed by atoms with Gasteiger partial charge in [-0.25, -0.2) is 5.43 Å². The lowest BCUT2D eigenvalue weighted by Gasteiger charge is -2.07. The number of nitro benzene ring substituents is 1. The highest BCUT2D eigenvalue weighted by Crippen LogP contribution is 2.16. The highest BCUT2D eigenvalue weighted by atomic mass is 127. The zero-order valence-corrected chi connectivity index (χ0v) is 15.0. The SMILES string of the molecule is Cc1cc(NCC(=O)NN=Cc2ccc([N+](=O)[O-])cc2)ccc1I. The van der Waals surface area contributed by atoms with Crippen LogP contribution in [0.2, 0.25) is 0 Å². The molecule has 2 aromatic rings. The first kappa shape index (κ1) is 17.9. The largest absolute Gasteiger partial charge is 0.376 e. The zero-order chi connectivity index (χ0) is 17.5. The first-order valence-corrected chi connectivity index (χ1v) is 8.10. The van der Waals surface area contributed by atoms with Crippen LogP contribution in [0.25, 0.3) is 0 Å². The molecule has 2 aromatic carbocycles. The van der Waals surface area contributed by atoms with Gasteiger partial charge in [-0.2, -0.15) is 5.10 Å². The van der Waals surface area contributed by atoms with Crippen molar-refractivity contribution in [1.29, 1.82) is 0 Å². The van der Waals surface area contributed by atoms with Gasteiger partial charge in [0, 0.05) is 21.4 Å². The van der Waals surface area contributed by atoms with E-state index in [-0.39, 0.29) is 18.1 Å². The Morgan fingerprint density at radius 3 is 2.62 bits per heavy atom. The molecule has 0 bridgehead atoms. The Balaban J connectivity index is 1.81. The molecule has 124 valence electrons. The van der Waals surface area contributed by atoms with Crippen molar-refractivity contribution in [3.05, 3.63) is 67.3 Å². The summed E-state index contributed by atoms with van der Waals surface area (Å²) in [5.74, 6) is -0.288. The van der Waals surface area contributed by atoms with Crippen molar-refractivity contribution in [3.63, 3.8) is 0 Å². The van der Waals surface area contributed by atoms with Gasteiger partial charge in [-0.15, -0.1) is 0 Å². The smallest absolute Gasteiger partial charge is 0.269 e. The predicted molar refractivity (Wildman–Crippen MR) is 101 cm³/mol. The monoisotopic (exact) mass is 438 g/mol. The minimum Gasteiger partial charge on any atom is -0.376 e. The number of carbonyl (C=O) groups is 1. The number of rotatable bonds is 6. The lowest BCUT2D eigenvalue weighted by molar-refractivity contribution is -0.384. The summed E-state index contributed by atoms with van der Waals surface area (Å²) in [7, 11) is 0. The average molecular weight is 438 g/mol. The van der Waals surface area contributed by atoms with E-state index in [0.717, 1.165) is 14.8 Å². The summed E-state index contributed by atoms with van der Waals surface area (Å²) in [6.45, 7) is 2.10. The van der Waals surface area contributed by atoms with Crippen molar-refractivity contribution in [2.75, 3.05) is 11.9 Å². The van der Waals surface area contributed by atoms with Crippen LogP contribution in [0.4, 0.5) is 11.4 Å². The summed E-state index contributed by atoms with van der Waals surface area (Å²) < 4.78 is 1.16. The molecule has 7 nitrogen and oxygen atoms in total. The normalized spacial score (nSPS) is 10.6. The molecule has 0 atom stereocenters.